The molecule has 1 N–H and O–H groups in total. The van der Waals surface area contributed by atoms with Gasteiger partial charge in [-0.05, 0) is 36.1 Å². The summed E-state index contributed by atoms with van der Waals surface area (Å²) in [6.45, 7) is 1.83. The zero-order chi connectivity index (χ0) is 22.9. The van der Waals surface area contributed by atoms with E-state index in [9.17, 15) is 9.59 Å². The van der Waals surface area contributed by atoms with Crippen LogP contribution in [0.3, 0.4) is 0 Å². The second kappa shape index (κ2) is 11.4. The van der Waals surface area contributed by atoms with Crippen LogP contribution < -0.4 is 5.32 Å². The molecule has 4 rings (SSSR count). The van der Waals surface area contributed by atoms with Gasteiger partial charge in [-0.3, -0.25) is 9.59 Å². The predicted molar refractivity (Wildman–Crippen MR) is 129 cm³/mol. The van der Waals surface area contributed by atoms with Crippen molar-refractivity contribution in [3.05, 3.63) is 108 Å². The molecule has 1 saturated heterocycles. The van der Waals surface area contributed by atoms with Gasteiger partial charge in [-0.25, -0.2) is 0 Å². The first-order valence-electron chi connectivity index (χ1n) is 11.5. The molecule has 0 radical (unpaired) electrons. The Bertz CT molecular complexity index is 1020. The fourth-order valence-corrected chi connectivity index (χ4v) is 4.16. The van der Waals surface area contributed by atoms with Crippen LogP contribution in [0.1, 0.15) is 46.8 Å². The third-order valence-electron chi connectivity index (χ3n) is 5.94. The number of rotatable bonds is 9. The topological polar surface area (TPSA) is 58.6 Å². The normalized spacial score (nSPS) is 16.2. The van der Waals surface area contributed by atoms with E-state index >= 15 is 0 Å². The Morgan fingerprint density at radius 3 is 2.18 bits per heavy atom. The van der Waals surface area contributed by atoms with E-state index in [0.29, 0.717) is 18.7 Å². The first-order valence-corrected chi connectivity index (χ1v) is 11.5. The molecule has 0 bridgehead atoms. The fraction of sp³-hybridized carbons (Fsp3) is 0.286. The maximum atomic E-state index is 13.6. The Balaban J connectivity index is 1.52. The van der Waals surface area contributed by atoms with Crippen LogP contribution in [0.5, 0.6) is 0 Å². The molecule has 0 spiro atoms. The molecule has 1 aliphatic rings. The quantitative estimate of drug-likeness (QED) is 0.520. The van der Waals surface area contributed by atoms with Gasteiger partial charge < -0.3 is 15.0 Å². The van der Waals surface area contributed by atoms with Crippen LogP contribution in [0.4, 0.5) is 0 Å². The van der Waals surface area contributed by atoms with E-state index in [1.165, 1.54) is 0 Å². The van der Waals surface area contributed by atoms with Crippen LogP contribution in [0.2, 0.25) is 0 Å². The Labute approximate surface area is 195 Å². The minimum atomic E-state index is -0.422. The molecular weight excluding hydrogens is 412 g/mol. The molecular formula is C28H30N2O3. The number of hydrogen-bond acceptors (Lipinski definition) is 3. The Morgan fingerprint density at radius 2 is 1.55 bits per heavy atom. The van der Waals surface area contributed by atoms with Gasteiger partial charge in [0.15, 0.2) is 0 Å². The van der Waals surface area contributed by atoms with Crippen LogP contribution in [0.25, 0.3) is 0 Å². The number of nitrogens with zero attached hydrogens (tertiary/aromatic N) is 1. The zero-order valence-corrected chi connectivity index (χ0v) is 18.7. The van der Waals surface area contributed by atoms with E-state index in [0.717, 1.165) is 30.6 Å². The average Bonchev–Trinajstić information content (AvgIpc) is 3.38. The summed E-state index contributed by atoms with van der Waals surface area (Å²) < 4.78 is 5.82. The molecule has 5 nitrogen and oxygen atoms in total. The first kappa shape index (κ1) is 22.7. The van der Waals surface area contributed by atoms with Crippen LogP contribution in [0.15, 0.2) is 91.0 Å². The summed E-state index contributed by atoms with van der Waals surface area (Å²) >= 11 is 0. The van der Waals surface area contributed by atoms with Crippen LogP contribution >= 0.6 is 0 Å². The van der Waals surface area contributed by atoms with Crippen molar-refractivity contribution in [2.24, 2.45) is 0 Å². The highest BCUT2D eigenvalue weighted by atomic mass is 16.5. The molecule has 3 aromatic carbocycles. The Kier molecular flexibility index (Phi) is 7.88. The van der Waals surface area contributed by atoms with Crippen molar-refractivity contribution in [3.8, 4) is 0 Å². The lowest BCUT2D eigenvalue weighted by Crippen LogP contribution is -2.39. The molecule has 5 heteroatoms. The SMILES string of the molecule is O=C(NC(CC(=O)N(Cc1ccccc1)CC1CCCO1)c1ccccc1)c1ccccc1. The molecule has 1 fully saturated rings. The number of nitrogens with one attached hydrogen (secondary N) is 1. The molecule has 2 atom stereocenters. The molecule has 170 valence electrons. The van der Waals surface area contributed by atoms with Crippen molar-refractivity contribution >= 4 is 11.8 Å². The summed E-state index contributed by atoms with van der Waals surface area (Å²) in [5.74, 6) is -0.192. The van der Waals surface area contributed by atoms with Crippen molar-refractivity contribution < 1.29 is 14.3 Å². The largest absolute Gasteiger partial charge is 0.376 e. The third-order valence-corrected chi connectivity index (χ3v) is 5.94. The maximum Gasteiger partial charge on any atom is 0.251 e. The molecule has 0 saturated carbocycles. The van der Waals surface area contributed by atoms with Crippen molar-refractivity contribution in [3.63, 3.8) is 0 Å². The number of benzene rings is 3. The Morgan fingerprint density at radius 1 is 0.909 bits per heavy atom. The summed E-state index contributed by atoms with van der Waals surface area (Å²) in [4.78, 5) is 28.3. The van der Waals surface area contributed by atoms with E-state index in [2.05, 4.69) is 5.32 Å². The van der Waals surface area contributed by atoms with Gasteiger partial charge in [0.05, 0.1) is 18.6 Å². The lowest BCUT2D eigenvalue weighted by molar-refractivity contribution is -0.134. The molecule has 0 aliphatic carbocycles. The predicted octanol–water partition coefficient (Wildman–Crippen LogP) is 4.76. The van der Waals surface area contributed by atoms with Gasteiger partial charge in [0.1, 0.15) is 0 Å². The van der Waals surface area contributed by atoms with Gasteiger partial charge in [-0.1, -0.05) is 78.9 Å². The highest BCUT2D eigenvalue weighted by Gasteiger charge is 2.26. The number of carbonyl (C=O) groups excluding carboxylic acids is 2. The van der Waals surface area contributed by atoms with E-state index < -0.39 is 6.04 Å². The van der Waals surface area contributed by atoms with Crippen molar-refractivity contribution in [2.75, 3.05) is 13.2 Å². The lowest BCUT2D eigenvalue weighted by atomic mass is 10.0. The highest BCUT2D eigenvalue weighted by molar-refractivity contribution is 5.94. The number of carbonyl (C=O) groups is 2. The minimum absolute atomic E-state index is 0.00318. The van der Waals surface area contributed by atoms with E-state index in [1.807, 2.05) is 83.8 Å². The highest BCUT2D eigenvalue weighted by Crippen LogP contribution is 2.22. The summed E-state index contributed by atoms with van der Waals surface area (Å²) in [5.41, 5.74) is 2.56. The van der Waals surface area contributed by atoms with Gasteiger partial charge in [-0.2, -0.15) is 0 Å². The summed E-state index contributed by atoms with van der Waals surface area (Å²) in [6.07, 6.45) is 2.23. The average molecular weight is 443 g/mol. The summed E-state index contributed by atoms with van der Waals surface area (Å²) in [7, 11) is 0. The maximum absolute atomic E-state index is 13.6. The third kappa shape index (κ3) is 6.53. The molecule has 1 aliphatic heterocycles. The van der Waals surface area contributed by atoms with Gasteiger partial charge in [-0.15, -0.1) is 0 Å². The summed E-state index contributed by atoms with van der Waals surface area (Å²) in [6, 6.07) is 28.4. The van der Waals surface area contributed by atoms with Crippen LogP contribution in [-0.2, 0) is 16.1 Å². The van der Waals surface area contributed by atoms with Gasteiger partial charge >= 0.3 is 0 Å². The molecule has 33 heavy (non-hydrogen) atoms. The first-order chi connectivity index (χ1) is 16.2. The number of ether oxygens (including phenoxy) is 1. The van der Waals surface area contributed by atoms with Crippen molar-refractivity contribution in [1.29, 1.82) is 0 Å². The Hall–Kier alpha value is -3.44. The summed E-state index contributed by atoms with van der Waals surface area (Å²) in [5, 5.41) is 3.08. The minimum Gasteiger partial charge on any atom is -0.376 e. The second-order valence-electron chi connectivity index (χ2n) is 8.40. The van der Waals surface area contributed by atoms with Crippen LogP contribution in [-0.4, -0.2) is 36.0 Å². The monoisotopic (exact) mass is 442 g/mol. The van der Waals surface area contributed by atoms with E-state index in [-0.39, 0.29) is 24.3 Å². The van der Waals surface area contributed by atoms with E-state index in [1.54, 1.807) is 12.1 Å². The van der Waals surface area contributed by atoms with Gasteiger partial charge in [0.2, 0.25) is 5.91 Å². The molecule has 3 aromatic rings. The fourth-order valence-electron chi connectivity index (χ4n) is 4.16. The van der Waals surface area contributed by atoms with Gasteiger partial charge in [0, 0.05) is 25.3 Å². The van der Waals surface area contributed by atoms with E-state index in [4.69, 9.17) is 4.74 Å². The van der Waals surface area contributed by atoms with Gasteiger partial charge in [0.25, 0.3) is 5.91 Å². The number of hydrogen-bond donors (Lipinski definition) is 1. The standard InChI is InChI=1S/C28H30N2O3/c31-27(30(21-25-17-10-18-33-25)20-22-11-4-1-5-12-22)19-26(23-13-6-2-7-14-23)29-28(32)24-15-8-3-9-16-24/h1-9,11-16,25-26H,10,17-21H2,(H,29,32). The molecule has 2 amide bonds. The molecule has 1 heterocycles. The molecule has 0 aromatic heterocycles. The zero-order valence-electron chi connectivity index (χ0n) is 18.7. The van der Waals surface area contributed by atoms with Crippen molar-refractivity contribution in [2.45, 2.75) is 38.0 Å². The number of amides is 2. The molecule has 2 unspecified atom stereocenters. The lowest BCUT2D eigenvalue weighted by Gasteiger charge is -2.28. The smallest absolute Gasteiger partial charge is 0.251 e. The van der Waals surface area contributed by atoms with Crippen LogP contribution in [0, 0.1) is 0 Å². The van der Waals surface area contributed by atoms with Crippen molar-refractivity contribution in [1.82, 2.24) is 10.2 Å². The second-order valence-corrected chi connectivity index (χ2v) is 8.40.